The van der Waals surface area contributed by atoms with Crippen LogP contribution in [0.25, 0.3) is 0 Å². The van der Waals surface area contributed by atoms with Crippen molar-refractivity contribution in [3.05, 3.63) is 23.3 Å². The number of carbonyl (C=O) groups is 1. The SMILES string of the molecule is Cc1cc(N2CCCNC2=O)c(C)cc1N. The van der Waals surface area contributed by atoms with E-state index in [0.29, 0.717) is 0 Å². The number of benzene rings is 1. The van der Waals surface area contributed by atoms with Gasteiger partial charge in [-0.2, -0.15) is 0 Å². The molecule has 0 bridgehead atoms. The number of nitrogen functional groups attached to an aromatic ring is 1. The highest BCUT2D eigenvalue weighted by Gasteiger charge is 2.20. The van der Waals surface area contributed by atoms with Crippen molar-refractivity contribution < 1.29 is 4.79 Å². The van der Waals surface area contributed by atoms with E-state index >= 15 is 0 Å². The molecule has 1 aromatic rings. The third kappa shape index (κ3) is 1.83. The molecule has 0 atom stereocenters. The minimum absolute atomic E-state index is 0.0153. The molecule has 0 aliphatic carbocycles. The zero-order chi connectivity index (χ0) is 11.7. The summed E-state index contributed by atoms with van der Waals surface area (Å²) < 4.78 is 0. The number of nitrogens with one attached hydrogen (secondary N) is 1. The van der Waals surface area contributed by atoms with Gasteiger partial charge in [0.25, 0.3) is 0 Å². The van der Waals surface area contributed by atoms with Crippen LogP contribution in [0.3, 0.4) is 0 Å². The summed E-state index contributed by atoms with van der Waals surface area (Å²) >= 11 is 0. The van der Waals surface area contributed by atoms with Gasteiger partial charge in [-0.3, -0.25) is 4.90 Å². The van der Waals surface area contributed by atoms with E-state index in [2.05, 4.69) is 5.32 Å². The average Bonchev–Trinajstić information content (AvgIpc) is 2.25. The number of urea groups is 1. The number of aryl methyl sites for hydroxylation is 2. The lowest BCUT2D eigenvalue weighted by Crippen LogP contribution is -2.46. The van der Waals surface area contributed by atoms with Crippen LogP contribution in [0.2, 0.25) is 0 Å². The highest BCUT2D eigenvalue weighted by Crippen LogP contribution is 2.26. The van der Waals surface area contributed by atoms with Crippen LogP contribution in [-0.4, -0.2) is 19.1 Å². The van der Waals surface area contributed by atoms with E-state index in [0.717, 1.165) is 42.0 Å². The maximum atomic E-state index is 11.7. The third-order valence-electron chi connectivity index (χ3n) is 2.96. The van der Waals surface area contributed by atoms with Crippen molar-refractivity contribution in [1.82, 2.24) is 5.32 Å². The van der Waals surface area contributed by atoms with Crippen LogP contribution in [0.5, 0.6) is 0 Å². The average molecular weight is 219 g/mol. The molecule has 3 N–H and O–H groups in total. The standard InChI is InChI=1S/C12H17N3O/c1-8-7-11(9(2)6-10(8)13)15-5-3-4-14-12(15)16/h6-7H,3-5,13H2,1-2H3,(H,14,16). The second kappa shape index (κ2) is 4.04. The maximum Gasteiger partial charge on any atom is 0.321 e. The fourth-order valence-corrected chi connectivity index (χ4v) is 1.97. The summed E-state index contributed by atoms with van der Waals surface area (Å²) in [5.74, 6) is 0. The summed E-state index contributed by atoms with van der Waals surface area (Å²) in [7, 11) is 0. The Morgan fingerprint density at radius 1 is 1.31 bits per heavy atom. The molecule has 0 unspecified atom stereocenters. The number of nitrogens with zero attached hydrogens (tertiary/aromatic N) is 1. The van der Waals surface area contributed by atoms with Crippen LogP contribution in [0.4, 0.5) is 16.2 Å². The summed E-state index contributed by atoms with van der Waals surface area (Å²) in [4.78, 5) is 13.5. The van der Waals surface area contributed by atoms with Gasteiger partial charge in [0, 0.05) is 24.5 Å². The molecule has 0 radical (unpaired) electrons. The summed E-state index contributed by atoms with van der Waals surface area (Å²) in [6, 6.07) is 3.89. The first kappa shape index (κ1) is 10.8. The molecular formula is C12H17N3O. The number of hydrogen-bond acceptors (Lipinski definition) is 2. The van der Waals surface area contributed by atoms with Gasteiger partial charge in [-0.1, -0.05) is 0 Å². The molecule has 1 saturated heterocycles. The second-order valence-electron chi connectivity index (χ2n) is 4.23. The first-order valence-corrected chi connectivity index (χ1v) is 5.51. The Morgan fingerprint density at radius 2 is 2.06 bits per heavy atom. The minimum Gasteiger partial charge on any atom is -0.399 e. The fourth-order valence-electron chi connectivity index (χ4n) is 1.97. The van der Waals surface area contributed by atoms with Gasteiger partial charge in [0.2, 0.25) is 0 Å². The van der Waals surface area contributed by atoms with E-state index < -0.39 is 0 Å². The lowest BCUT2D eigenvalue weighted by Gasteiger charge is -2.29. The molecule has 4 nitrogen and oxygen atoms in total. The predicted octanol–water partition coefficient (Wildman–Crippen LogP) is 1.81. The molecule has 86 valence electrons. The van der Waals surface area contributed by atoms with E-state index in [-0.39, 0.29) is 6.03 Å². The van der Waals surface area contributed by atoms with Gasteiger partial charge in [0.15, 0.2) is 0 Å². The summed E-state index contributed by atoms with van der Waals surface area (Å²) in [6.07, 6.45) is 0.981. The Morgan fingerprint density at radius 3 is 2.75 bits per heavy atom. The molecule has 0 aromatic heterocycles. The van der Waals surface area contributed by atoms with Gasteiger partial charge in [-0.25, -0.2) is 4.79 Å². The lowest BCUT2D eigenvalue weighted by molar-refractivity contribution is 0.243. The van der Waals surface area contributed by atoms with Gasteiger partial charge in [0.05, 0.1) is 0 Å². The van der Waals surface area contributed by atoms with E-state index in [1.54, 1.807) is 4.90 Å². The van der Waals surface area contributed by atoms with Crippen LogP contribution < -0.4 is 16.0 Å². The van der Waals surface area contributed by atoms with Gasteiger partial charge < -0.3 is 11.1 Å². The minimum atomic E-state index is -0.0153. The van der Waals surface area contributed by atoms with Crippen LogP contribution in [0.1, 0.15) is 17.5 Å². The first-order valence-electron chi connectivity index (χ1n) is 5.51. The van der Waals surface area contributed by atoms with Crippen molar-refractivity contribution >= 4 is 17.4 Å². The molecular weight excluding hydrogens is 202 g/mol. The Balaban J connectivity index is 2.39. The van der Waals surface area contributed by atoms with E-state index in [1.807, 2.05) is 26.0 Å². The lowest BCUT2D eigenvalue weighted by atomic mass is 10.1. The number of hydrogen-bond donors (Lipinski definition) is 2. The molecule has 1 aromatic carbocycles. The molecule has 2 amide bonds. The third-order valence-corrected chi connectivity index (χ3v) is 2.96. The Labute approximate surface area is 95.4 Å². The van der Waals surface area contributed by atoms with Crippen LogP contribution >= 0.6 is 0 Å². The molecule has 1 aliphatic rings. The van der Waals surface area contributed by atoms with Crippen molar-refractivity contribution in [3.63, 3.8) is 0 Å². The van der Waals surface area contributed by atoms with E-state index in [4.69, 9.17) is 5.73 Å². The van der Waals surface area contributed by atoms with E-state index in [1.165, 1.54) is 0 Å². The summed E-state index contributed by atoms with van der Waals surface area (Å²) in [5, 5.41) is 2.85. The normalized spacial score (nSPS) is 16.1. The van der Waals surface area contributed by atoms with E-state index in [9.17, 15) is 4.79 Å². The number of amides is 2. The van der Waals surface area contributed by atoms with Crippen LogP contribution in [0.15, 0.2) is 12.1 Å². The zero-order valence-electron chi connectivity index (χ0n) is 9.71. The fraction of sp³-hybridized carbons (Fsp3) is 0.417. The molecule has 1 heterocycles. The maximum absolute atomic E-state index is 11.7. The van der Waals surface area contributed by atoms with Crippen LogP contribution in [-0.2, 0) is 0 Å². The number of carbonyl (C=O) groups excluding carboxylic acids is 1. The zero-order valence-corrected chi connectivity index (χ0v) is 9.71. The molecule has 4 heteroatoms. The molecule has 16 heavy (non-hydrogen) atoms. The summed E-state index contributed by atoms with van der Waals surface area (Å²) in [6.45, 7) is 5.48. The highest BCUT2D eigenvalue weighted by molar-refractivity contribution is 5.93. The smallest absolute Gasteiger partial charge is 0.321 e. The van der Waals surface area contributed by atoms with Gasteiger partial charge in [0.1, 0.15) is 0 Å². The number of rotatable bonds is 1. The molecule has 1 fully saturated rings. The number of nitrogens with two attached hydrogens (primary N) is 1. The second-order valence-corrected chi connectivity index (χ2v) is 4.23. The molecule has 1 aliphatic heterocycles. The molecule has 0 saturated carbocycles. The Bertz CT molecular complexity index is 429. The van der Waals surface area contributed by atoms with Crippen LogP contribution in [0, 0.1) is 13.8 Å². The van der Waals surface area contributed by atoms with Gasteiger partial charge in [-0.05, 0) is 43.5 Å². The largest absolute Gasteiger partial charge is 0.399 e. The van der Waals surface area contributed by atoms with Crippen molar-refractivity contribution in [2.24, 2.45) is 0 Å². The topological polar surface area (TPSA) is 58.4 Å². The summed E-state index contributed by atoms with van der Waals surface area (Å²) in [5.41, 5.74) is 9.63. The highest BCUT2D eigenvalue weighted by atomic mass is 16.2. The first-order chi connectivity index (χ1) is 7.59. The predicted molar refractivity (Wildman–Crippen MR) is 65.7 cm³/mol. The Kier molecular flexibility index (Phi) is 2.73. The van der Waals surface area contributed by atoms with Crippen molar-refractivity contribution in [3.8, 4) is 0 Å². The monoisotopic (exact) mass is 219 g/mol. The quantitative estimate of drug-likeness (QED) is 0.708. The molecule has 0 spiro atoms. The van der Waals surface area contributed by atoms with Gasteiger partial charge >= 0.3 is 6.03 Å². The van der Waals surface area contributed by atoms with Crippen molar-refractivity contribution in [2.75, 3.05) is 23.7 Å². The number of anilines is 2. The van der Waals surface area contributed by atoms with Crippen molar-refractivity contribution in [1.29, 1.82) is 0 Å². The van der Waals surface area contributed by atoms with Gasteiger partial charge in [-0.15, -0.1) is 0 Å². The molecule has 2 rings (SSSR count). The Hall–Kier alpha value is -1.71. The van der Waals surface area contributed by atoms with Crippen molar-refractivity contribution in [2.45, 2.75) is 20.3 Å².